The molecule has 90 valence electrons. The van der Waals surface area contributed by atoms with E-state index in [0.717, 1.165) is 28.1 Å². The minimum Gasteiger partial charge on any atom is -0.398 e. The molecule has 18 heavy (non-hydrogen) atoms. The molecule has 0 aliphatic rings. The van der Waals surface area contributed by atoms with Crippen LogP contribution in [0.1, 0.15) is 16.8 Å². The molecule has 0 saturated heterocycles. The normalized spacial score (nSPS) is 10.7. The highest BCUT2D eigenvalue weighted by Crippen LogP contribution is 2.22. The first-order valence-electron chi connectivity index (χ1n) is 5.81. The highest BCUT2D eigenvalue weighted by atomic mass is 14.6. The van der Waals surface area contributed by atoms with Crippen molar-refractivity contribution in [2.75, 3.05) is 5.73 Å². The zero-order valence-corrected chi connectivity index (χ0v) is 10.4. The van der Waals surface area contributed by atoms with E-state index in [1.807, 2.05) is 55.5 Å². The summed E-state index contributed by atoms with van der Waals surface area (Å²) in [6.07, 6.45) is 5.63. The van der Waals surface area contributed by atoms with Gasteiger partial charge in [0, 0.05) is 17.4 Å². The molecule has 0 saturated carbocycles. The van der Waals surface area contributed by atoms with Gasteiger partial charge in [-0.2, -0.15) is 0 Å². The molecule has 0 unspecified atom stereocenters. The predicted molar refractivity (Wildman–Crippen MR) is 77.9 cm³/mol. The molecule has 0 bridgehead atoms. The molecular weight excluding hydrogens is 220 g/mol. The van der Waals surface area contributed by atoms with Crippen LogP contribution in [0, 0.1) is 6.92 Å². The van der Waals surface area contributed by atoms with Gasteiger partial charge in [0.05, 0.1) is 5.69 Å². The van der Waals surface area contributed by atoms with Gasteiger partial charge in [0.1, 0.15) is 0 Å². The van der Waals surface area contributed by atoms with Crippen LogP contribution in [0.5, 0.6) is 0 Å². The van der Waals surface area contributed by atoms with Crippen molar-refractivity contribution >= 4 is 17.3 Å². The monoisotopic (exact) mass is 236 g/mol. The minimum absolute atomic E-state index is 0.755. The maximum atomic E-state index is 5.98. The molecule has 2 heteroatoms. The van der Waals surface area contributed by atoms with Crippen LogP contribution in [0.15, 0.2) is 55.3 Å². The summed E-state index contributed by atoms with van der Waals surface area (Å²) in [5, 5.41) is 0. The number of anilines is 1. The van der Waals surface area contributed by atoms with Crippen LogP contribution in [-0.2, 0) is 0 Å². The van der Waals surface area contributed by atoms with Gasteiger partial charge in [-0.3, -0.25) is 4.98 Å². The van der Waals surface area contributed by atoms with E-state index >= 15 is 0 Å². The Morgan fingerprint density at radius 2 is 2.11 bits per heavy atom. The van der Waals surface area contributed by atoms with Gasteiger partial charge in [0.2, 0.25) is 0 Å². The van der Waals surface area contributed by atoms with E-state index in [1.54, 1.807) is 6.20 Å². The van der Waals surface area contributed by atoms with Crippen molar-refractivity contribution in [1.29, 1.82) is 0 Å². The average Bonchev–Trinajstić information content (AvgIpc) is 2.37. The number of rotatable bonds is 3. The van der Waals surface area contributed by atoms with Crippen molar-refractivity contribution in [3.63, 3.8) is 0 Å². The summed E-state index contributed by atoms with van der Waals surface area (Å²) in [6, 6.07) is 11.8. The predicted octanol–water partition coefficient (Wildman–Crippen LogP) is 3.70. The molecule has 0 aliphatic heterocycles. The van der Waals surface area contributed by atoms with Crippen LogP contribution >= 0.6 is 0 Å². The van der Waals surface area contributed by atoms with Gasteiger partial charge in [0.25, 0.3) is 0 Å². The standard InChI is InChI=1S/C16H16N2/c1-12-6-9-15(16(17)11-12)13(2)7-8-14-5-3-4-10-18-14/h3-11H,2,17H2,1H3/b8-7+. The van der Waals surface area contributed by atoms with Crippen molar-refractivity contribution < 1.29 is 0 Å². The molecular formula is C16H16N2. The molecule has 1 aromatic carbocycles. The van der Waals surface area contributed by atoms with Crippen molar-refractivity contribution in [1.82, 2.24) is 4.98 Å². The highest BCUT2D eigenvalue weighted by Gasteiger charge is 2.00. The first-order chi connectivity index (χ1) is 8.66. The topological polar surface area (TPSA) is 38.9 Å². The highest BCUT2D eigenvalue weighted by molar-refractivity contribution is 5.82. The second-order valence-corrected chi connectivity index (χ2v) is 4.20. The third kappa shape index (κ3) is 2.86. The van der Waals surface area contributed by atoms with Crippen LogP contribution in [0.3, 0.4) is 0 Å². The van der Waals surface area contributed by atoms with Crippen LogP contribution in [0.25, 0.3) is 11.6 Å². The maximum Gasteiger partial charge on any atom is 0.0629 e. The van der Waals surface area contributed by atoms with Crippen molar-refractivity contribution in [3.8, 4) is 0 Å². The van der Waals surface area contributed by atoms with E-state index in [9.17, 15) is 0 Å². The molecule has 0 atom stereocenters. The van der Waals surface area contributed by atoms with E-state index in [2.05, 4.69) is 11.6 Å². The number of aryl methyl sites for hydroxylation is 1. The zero-order valence-electron chi connectivity index (χ0n) is 10.4. The SMILES string of the molecule is C=C(/C=C/c1ccccn1)c1ccc(C)cc1N. The van der Waals surface area contributed by atoms with E-state index in [1.165, 1.54) is 0 Å². The summed E-state index contributed by atoms with van der Waals surface area (Å²) in [6.45, 7) is 6.06. The Morgan fingerprint density at radius 3 is 2.78 bits per heavy atom. The Morgan fingerprint density at radius 1 is 1.28 bits per heavy atom. The zero-order chi connectivity index (χ0) is 13.0. The molecule has 2 rings (SSSR count). The van der Waals surface area contributed by atoms with Gasteiger partial charge in [-0.15, -0.1) is 0 Å². The van der Waals surface area contributed by atoms with Crippen molar-refractivity contribution in [2.45, 2.75) is 6.92 Å². The first kappa shape index (κ1) is 12.1. The number of nitrogens with zero attached hydrogens (tertiary/aromatic N) is 1. The number of pyridine rings is 1. The number of allylic oxidation sites excluding steroid dienone is 2. The molecule has 1 aromatic heterocycles. The number of benzene rings is 1. The number of nitrogen functional groups attached to an aromatic ring is 1. The summed E-state index contributed by atoms with van der Waals surface area (Å²) in [5.41, 5.74) is 10.6. The Hall–Kier alpha value is -2.35. The van der Waals surface area contributed by atoms with Gasteiger partial charge < -0.3 is 5.73 Å². The number of aromatic nitrogens is 1. The average molecular weight is 236 g/mol. The van der Waals surface area contributed by atoms with Crippen molar-refractivity contribution in [2.24, 2.45) is 0 Å². The number of nitrogens with two attached hydrogens (primary N) is 1. The summed E-state index contributed by atoms with van der Waals surface area (Å²) in [7, 11) is 0. The van der Waals surface area contributed by atoms with E-state index in [0.29, 0.717) is 0 Å². The number of hydrogen-bond acceptors (Lipinski definition) is 2. The quantitative estimate of drug-likeness (QED) is 0.652. The Bertz CT molecular complexity index is 583. The third-order valence-electron chi connectivity index (χ3n) is 2.70. The second kappa shape index (κ2) is 5.32. The maximum absolute atomic E-state index is 5.98. The fourth-order valence-corrected chi connectivity index (χ4v) is 1.72. The lowest BCUT2D eigenvalue weighted by atomic mass is 10.0. The number of hydrogen-bond donors (Lipinski definition) is 1. The molecule has 2 nitrogen and oxygen atoms in total. The fourth-order valence-electron chi connectivity index (χ4n) is 1.72. The molecule has 2 aromatic rings. The third-order valence-corrected chi connectivity index (χ3v) is 2.70. The fraction of sp³-hybridized carbons (Fsp3) is 0.0625. The lowest BCUT2D eigenvalue weighted by Crippen LogP contribution is -1.92. The van der Waals surface area contributed by atoms with Gasteiger partial charge in [-0.05, 0) is 42.3 Å². The molecule has 0 aliphatic carbocycles. The lowest BCUT2D eigenvalue weighted by Gasteiger charge is -2.06. The molecule has 0 fully saturated rings. The molecule has 0 radical (unpaired) electrons. The van der Waals surface area contributed by atoms with E-state index in [-0.39, 0.29) is 0 Å². The van der Waals surface area contributed by atoms with E-state index in [4.69, 9.17) is 5.73 Å². The summed E-state index contributed by atoms with van der Waals surface area (Å²) in [5.74, 6) is 0. The summed E-state index contributed by atoms with van der Waals surface area (Å²) in [4.78, 5) is 4.22. The van der Waals surface area contributed by atoms with Crippen LogP contribution in [0.2, 0.25) is 0 Å². The van der Waals surface area contributed by atoms with Crippen LogP contribution in [0.4, 0.5) is 5.69 Å². The first-order valence-corrected chi connectivity index (χ1v) is 5.81. The van der Waals surface area contributed by atoms with Crippen LogP contribution < -0.4 is 5.73 Å². The molecule has 0 spiro atoms. The Labute approximate surface area is 107 Å². The lowest BCUT2D eigenvalue weighted by molar-refractivity contribution is 1.30. The van der Waals surface area contributed by atoms with Gasteiger partial charge in [-0.25, -0.2) is 0 Å². The minimum atomic E-state index is 0.755. The van der Waals surface area contributed by atoms with Gasteiger partial charge in [0.15, 0.2) is 0 Å². The Balaban J connectivity index is 2.20. The van der Waals surface area contributed by atoms with Crippen LogP contribution in [-0.4, -0.2) is 4.98 Å². The largest absolute Gasteiger partial charge is 0.398 e. The van der Waals surface area contributed by atoms with E-state index < -0.39 is 0 Å². The smallest absolute Gasteiger partial charge is 0.0629 e. The molecule has 0 amide bonds. The summed E-state index contributed by atoms with van der Waals surface area (Å²) < 4.78 is 0. The van der Waals surface area contributed by atoms with Gasteiger partial charge >= 0.3 is 0 Å². The molecule has 1 heterocycles. The Kier molecular flexibility index (Phi) is 3.58. The van der Waals surface area contributed by atoms with Gasteiger partial charge in [-0.1, -0.05) is 30.9 Å². The van der Waals surface area contributed by atoms with Crippen molar-refractivity contribution in [3.05, 3.63) is 72.1 Å². The summed E-state index contributed by atoms with van der Waals surface area (Å²) >= 11 is 0. The molecule has 2 N–H and O–H groups in total. The second-order valence-electron chi connectivity index (χ2n) is 4.20.